The van der Waals surface area contributed by atoms with Crippen LogP contribution in [0.25, 0.3) is 22.2 Å². The second-order valence-corrected chi connectivity index (χ2v) is 4.95. The number of rotatable bonds is 1. The van der Waals surface area contributed by atoms with Crippen LogP contribution in [0.5, 0.6) is 5.75 Å². The molecular weight excluding hydrogens is 262 g/mol. The third-order valence-corrected chi connectivity index (χ3v) is 3.81. The first-order chi connectivity index (χ1) is 9.18. The van der Waals surface area contributed by atoms with E-state index in [1.54, 1.807) is 16.7 Å². The lowest BCUT2D eigenvalue weighted by Gasteiger charge is -2.18. The molecule has 0 aliphatic carbocycles. The molecule has 1 aromatic heterocycles. The van der Waals surface area contributed by atoms with Gasteiger partial charge in [0.25, 0.3) is 5.91 Å². The first kappa shape index (κ1) is 10.6. The van der Waals surface area contributed by atoms with Gasteiger partial charge in [-0.25, -0.2) is 0 Å². The molecule has 0 atom stereocenters. The average molecular weight is 270 g/mol. The van der Waals surface area contributed by atoms with Crippen molar-refractivity contribution in [3.8, 4) is 17.0 Å². The number of nitrogens with zero attached hydrogens (tertiary/aromatic N) is 1. The summed E-state index contributed by atoms with van der Waals surface area (Å²) in [5, 5.41) is 10.8. The van der Waals surface area contributed by atoms with Crippen molar-refractivity contribution in [1.29, 1.82) is 0 Å². The summed E-state index contributed by atoms with van der Waals surface area (Å²) in [5.74, 6) is 0.130. The topological polar surface area (TPSA) is 42.2 Å². The van der Waals surface area contributed by atoms with Crippen molar-refractivity contribution in [2.75, 3.05) is 0 Å². The summed E-state index contributed by atoms with van der Waals surface area (Å²) >= 11 is 6.15. The molecular formula is C15H8ClNO2. The SMILES string of the molecule is O=C1c2c(-c3ccc(O)cc3Cl)n1c1ccccc21. The molecule has 3 nitrogen and oxygen atoms in total. The Labute approximate surface area is 113 Å². The van der Waals surface area contributed by atoms with Gasteiger partial charge in [-0.1, -0.05) is 29.8 Å². The zero-order valence-electron chi connectivity index (χ0n) is 9.72. The van der Waals surface area contributed by atoms with Crippen molar-refractivity contribution in [3.63, 3.8) is 0 Å². The predicted octanol–water partition coefficient (Wildman–Crippen LogP) is 3.67. The summed E-state index contributed by atoms with van der Waals surface area (Å²) in [6.07, 6.45) is 0. The van der Waals surface area contributed by atoms with E-state index in [0.717, 1.165) is 22.2 Å². The number of hydrogen-bond donors (Lipinski definition) is 1. The molecule has 0 unspecified atom stereocenters. The summed E-state index contributed by atoms with van der Waals surface area (Å²) in [6.45, 7) is 0. The molecule has 3 aromatic rings. The van der Waals surface area contributed by atoms with Gasteiger partial charge < -0.3 is 5.11 Å². The fourth-order valence-corrected chi connectivity index (χ4v) is 2.94. The van der Waals surface area contributed by atoms with Crippen LogP contribution in [0.1, 0.15) is 10.4 Å². The lowest BCUT2D eigenvalue weighted by molar-refractivity contribution is 0.0951. The van der Waals surface area contributed by atoms with Crippen LogP contribution in [0, 0.1) is 0 Å². The van der Waals surface area contributed by atoms with Crippen LogP contribution < -0.4 is 0 Å². The molecule has 92 valence electrons. The number of fused-ring (bicyclic) bond motifs is 5. The molecule has 0 saturated carbocycles. The van der Waals surface area contributed by atoms with Gasteiger partial charge in [0.1, 0.15) is 5.75 Å². The number of hydrogen-bond acceptors (Lipinski definition) is 2. The van der Waals surface area contributed by atoms with Crippen molar-refractivity contribution >= 4 is 28.4 Å². The van der Waals surface area contributed by atoms with Gasteiger partial charge in [0, 0.05) is 10.9 Å². The Morgan fingerprint density at radius 1 is 1.11 bits per heavy atom. The average Bonchev–Trinajstić information content (AvgIpc) is 2.88. The standard InChI is InChI=1S/C15H8ClNO2/c16-11-7-8(18)5-6-9(11)14-13-10-3-1-2-4-12(10)17(14)15(13)19/h1-7,18H. The second-order valence-electron chi connectivity index (χ2n) is 4.55. The minimum atomic E-state index is 0.0142. The molecule has 19 heavy (non-hydrogen) atoms. The van der Waals surface area contributed by atoms with Crippen molar-refractivity contribution in [1.82, 2.24) is 4.57 Å². The van der Waals surface area contributed by atoms with Crippen LogP contribution in [-0.4, -0.2) is 15.6 Å². The molecule has 0 spiro atoms. The number of benzene rings is 2. The summed E-state index contributed by atoms with van der Waals surface area (Å²) in [4.78, 5) is 12.0. The van der Waals surface area contributed by atoms with Gasteiger partial charge in [0.2, 0.25) is 0 Å². The largest absolute Gasteiger partial charge is 0.508 e. The Morgan fingerprint density at radius 3 is 2.63 bits per heavy atom. The molecule has 4 rings (SSSR count). The van der Waals surface area contributed by atoms with Crippen molar-refractivity contribution in [2.45, 2.75) is 0 Å². The molecule has 1 aliphatic rings. The highest BCUT2D eigenvalue weighted by Crippen LogP contribution is 2.44. The number of aromatic nitrogens is 1. The van der Waals surface area contributed by atoms with E-state index in [1.165, 1.54) is 6.07 Å². The summed E-state index contributed by atoms with van der Waals surface area (Å²) < 4.78 is 1.67. The van der Waals surface area contributed by atoms with Crippen LogP contribution in [0.4, 0.5) is 0 Å². The monoisotopic (exact) mass is 269 g/mol. The number of phenolic OH excluding ortho intramolecular Hbond substituents is 1. The van der Waals surface area contributed by atoms with E-state index < -0.39 is 0 Å². The molecule has 0 amide bonds. The molecule has 1 N–H and O–H groups in total. The smallest absolute Gasteiger partial charge is 0.265 e. The first-order valence-electron chi connectivity index (χ1n) is 5.85. The molecule has 4 heteroatoms. The quantitative estimate of drug-likeness (QED) is 0.573. The van der Waals surface area contributed by atoms with Crippen molar-refractivity contribution in [2.24, 2.45) is 0 Å². The third kappa shape index (κ3) is 1.20. The number of carbonyl (C=O) groups is 1. The van der Waals surface area contributed by atoms with Gasteiger partial charge in [0.05, 0.1) is 21.8 Å². The molecule has 1 aliphatic heterocycles. The summed E-state index contributed by atoms with van der Waals surface area (Å²) in [7, 11) is 0. The van der Waals surface area contributed by atoms with E-state index in [4.69, 9.17) is 11.6 Å². The Morgan fingerprint density at radius 2 is 1.89 bits per heavy atom. The minimum Gasteiger partial charge on any atom is -0.508 e. The van der Waals surface area contributed by atoms with E-state index in [0.29, 0.717) is 10.6 Å². The highest BCUT2D eigenvalue weighted by molar-refractivity contribution is 6.35. The lowest BCUT2D eigenvalue weighted by atomic mass is 10.0. The Kier molecular flexibility index (Phi) is 1.90. The number of aromatic hydroxyl groups is 1. The van der Waals surface area contributed by atoms with Gasteiger partial charge in [-0.3, -0.25) is 9.36 Å². The first-order valence-corrected chi connectivity index (χ1v) is 6.23. The maximum absolute atomic E-state index is 12.0. The van der Waals surface area contributed by atoms with Gasteiger partial charge >= 0.3 is 0 Å². The van der Waals surface area contributed by atoms with E-state index in [1.807, 2.05) is 24.3 Å². The fourth-order valence-electron chi connectivity index (χ4n) is 2.68. The summed E-state index contributed by atoms with van der Waals surface area (Å²) in [6, 6.07) is 12.5. The summed E-state index contributed by atoms with van der Waals surface area (Å²) in [5.41, 5.74) is 3.21. The van der Waals surface area contributed by atoms with Crippen LogP contribution in [0.15, 0.2) is 42.5 Å². The minimum absolute atomic E-state index is 0.0142. The van der Waals surface area contributed by atoms with Crippen molar-refractivity contribution < 1.29 is 9.90 Å². The van der Waals surface area contributed by atoms with E-state index in [2.05, 4.69) is 0 Å². The van der Waals surface area contributed by atoms with Crippen molar-refractivity contribution in [3.05, 3.63) is 53.1 Å². The zero-order valence-corrected chi connectivity index (χ0v) is 10.5. The molecule has 2 heterocycles. The van der Waals surface area contributed by atoms with E-state index in [9.17, 15) is 9.90 Å². The number of carbonyl (C=O) groups excluding carboxylic acids is 1. The molecule has 2 bridgehead atoms. The predicted molar refractivity (Wildman–Crippen MR) is 73.8 cm³/mol. The van der Waals surface area contributed by atoms with Crippen LogP contribution in [0.3, 0.4) is 0 Å². The molecule has 0 saturated heterocycles. The van der Waals surface area contributed by atoms with Crippen LogP contribution in [0.2, 0.25) is 5.02 Å². The maximum Gasteiger partial charge on any atom is 0.265 e. The van der Waals surface area contributed by atoms with E-state index in [-0.39, 0.29) is 11.7 Å². The van der Waals surface area contributed by atoms with Gasteiger partial charge in [-0.15, -0.1) is 0 Å². The van der Waals surface area contributed by atoms with Gasteiger partial charge in [-0.2, -0.15) is 0 Å². The normalized spacial score (nSPS) is 12.8. The second kappa shape index (κ2) is 3.39. The molecule has 0 radical (unpaired) electrons. The number of halogens is 1. The van der Waals surface area contributed by atoms with E-state index >= 15 is 0 Å². The zero-order chi connectivity index (χ0) is 13.1. The number of para-hydroxylation sites is 1. The van der Waals surface area contributed by atoms with Gasteiger partial charge in [-0.05, 0) is 24.3 Å². The highest BCUT2D eigenvalue weighted by atomic mass is 35.5. The van der Waals surface area contributed by atoms with Crippen LogP contribution in [-0.2, 0) is 0 Å². The third-order valence-electron chi connectivity index (χ3n) is 3.50. The van der Waals surface area contributed by atoms with Crippen LogP contribution >= 0.6 is 11.6 Å². The molecule has 0 fully saturated rings. The Bertz CT molecular complexity index is 821. The number of phenols is 1. The Balaban J connectivity index is 2.07. The maximum atomic E-state index is 12.0. The lowest BCUT2D eigenvalue weighted by Crippen LogP contribution is -2.21. The Hall–Kier alpha value is -2.26. The fraction of sp³-hybridized carbons (Fsp3) is 0. The molecule has 2 aromatic carbocycles. The van der Waals surface area contributed by atoms with Gasteiger partial charge in [0.15, 0.2) is 0 Å². The highest BCUT2D eigenvalue weighted by Gasteiger charge is 2.36.